The van der Waals surface area contributed by atoms with Crippen LogP contribution in [0.15, 0.2) is 24.3 Å². The highest BCUT2D eigenvalue weighted by molar-refractivity contribution is 6.20. The zero-order chi connectivity index (χ0) is 12.7. The van der Waals surface area contributed by atoms with Crippen molar-refractivity contribution in [2.75, 3.05) is 0 Å². The van der Waals surface area contributed by atoms with Crippen LogP contribution in [0.2, 0.25) is 0 Å². The van der Waals surface area contributed by atoms with Gasteiger partial charge in [0.25, 0.3) is 0 Å². The topological polar surface area (TPSA) is 0 Å². The molecule has 0 spiro atoms. The molecule has 0 aliphatic rings. The predicted molar refractivity (Wildman–Crippen MR) is 73.1 cm³/mol. The molecule has 0 bridgehead atoms. The molecular weight excluding hydrogens is 235 g/mol. The smallest absolute Gasteiger partial charge is 0.126 e. The Kier molecular flexibility index (Phi) is 6.57. The molecule has 0 aromatic heterocycles. The van der Waals surface area contributed by atoms with Gasteiger partial charge in [0, 0.05) is 5.38 Å². The van der Waals surface area contributed by atoms with Crippen LogP contribution in [0.5, 0.6) is 0 Å². The second-order valence-corrected chi connectivity index (χ2v) is 5.18. The second-order valence-electron chi connectivity index (χ2n) is 4.62. The van der Waals surface area contributed by atoms with Crippen molar-refractivity contribution in [2.45, 2.75) is 51.3 Å². The zero-order valence-electron chi connectivity index (χ0n) is 10.8. The van der Waals surface area contributed by atoms with Gasteiger partial charge in [-0.3, -0.25) is 0 Å². The predicted octanol–water partition coefficient (Wildman–Crippen LogP) is 5.19. The van der Waals surface area contributed by atoms with Crippen molar-refractivity contribution in [2.24, 2.45) is 5.92 Å². The van der Waals surface area contributed by atoms with E-state index in [1.807, 2.05) is 12.1 Å². The van der Waals surface area contributed by atoms with E-state index in [0.717, 1.165) is 18.4 Å². The van der Waals surface area contributed by atoms with Crippen LogP contribution in [0.1, 0.15) is 45.1 Å². The van der Waals surface area contributed by atoms with E-state index in [-0.39, 0.29) is 11.2 Å². The molecule has 0 nitrogen and oxygen atoms in total. The van der Waals surface area contributed by atoms with Gasteiger partial charge in [-0.25, -0.2) is 4.39 Å². The highest BCUT2D eigenvalue weighted by atomic mass is 35.5. The van der Waals surface area contributed by atoms with Crippen LogP contribution in [-0.4, -0.2) is 5.38 Å². The summed E-state index contributed by atoms with van der Waals surface area (Å²) in [4.78, 5) is 0. The van der Waals surface area contributed by atoms with Gasteiger partial charge in [0.15, 0.2) is 0 Å². The number of halogens is 2. The van der Waals surface area contributed by atoms with Crippen LogP contribution in [-0.2, 0) is 6.42 Å². The van der Waals surface area contributed by atoms with Crippen molar-refractivity contribution in [1.29, 1.82) is 0 Å². The molecule has 0 saturated carbocycles. The molecule has 0 saturated heterocycles. The fourth-order valence-electron chi connectivity index (χ4n) is 2.15. The molecule has 0 aliphatic carbocycles. The van der Waals surface area contributed by atoms with Crippen molar-refractivity contribution >= 4 is 11.6 Å². The fraction of sp³-hybridized carbons (Fsp3) is 0.600. The van der Waals surface area contributed by atoms with Gasteiger partial charge in [-0.2, -0.15) is 0 Å². The lowest BCUT2D eigenvalue weighted by Crippen LogP contribution is -2.17. The minimum atomic E-state index is -0.136. The third-order valence-electron chi connectivity index (χ3n) is 3.34. The molecule has 17 heavy (non-hydrogen) atoms. The van der Waals surface area contributed by atoms with Gasteiger partial charge in [-0.1, -0.05) is 51.3 Å². The SMILES string of the molecule is CCCCC(CC)C(Cl)Cc1ccccc1F. The van der Waals surface area contributed by atoms with Crippen molar-refractivity contribution < 1.29 is 4.39 Å². The van der Waals surface area contributed by atoms with Crippen LogP contribution in [0, 0.1) is 11.7 Å². The van der Waals surface area contributed by atoms with Crippen molar-refractivity contribution in [3.05, 3.63) is 35.6 Å². The Morgan fingerprint density at radius 3 is 2.53 bits per heavy atom. The van der Waals surface area contributed by atoms with Crippen LogP contribution in [0.4, 0.5) is 4.39 Å². The molecule has 0 fully saturated rings. The van der Waals surface area contributed by atoms with E-state index in [2.05, 4.69) is 13.8 Å². The summed E-state index contributed by atoms with van der Waals surface area (Å²) in [6, 6.07) is 6.93. The maximum Gasteiger partial charge on any atom is 0.126 e. The molecule has 0 radical (unpaired) electrons. The summed E-state index contributed by atoms with van der Waals surface area (Å²) in [5.41, 5.74) is 0.738. The van der Waals surface area contributed by atoms with Gasteiger partial charge >= 0.3 is 0 Å². The lowest BCUT2D eigenvalue weighted by Gasteiger charge is -2.21. The first-order valence-electron chi connectivity index (χ1n) is 6.56. The van der Waals surface area contributed by atoms with E-state index < -0.39 is 0 Å². The maximum absolute atomic E-state index is 13.5. The number of rotatable bonds is 7. The molecule has 96 valence electrons. The van der Waals surface area contributed by atoms with Crippen LogP contribution in [0.25, 0.3) is 0 Å². The standard InChI is InChI=1S/C15H22ClF/c1-3-5-8-12(4-2)14(16)11-13-9-6-7-10-15(13)17/h6-7,9-10,12,14H,3-5,8,11H2,1-2H3. The minimum absolute atomic E-state index is 0.0449. The molecule has 2 atom stereocenters. The lowest BCUT2D eigenvalue weighted by atomic mass is 9.92. The summed E-state index contributed by atoms with van der Waals surface area (Å²) in [5, 5.41) is 0.0449. The highest BCUT2D eigenvalue weighted by Crippen LogP contribution is 2.25. The van der Waals surface area contributed by atoms with E-state index in [9.17, 15) is 4.39 Å². The summed E-state index contributed by atoms with van der Waals surface area (Å²) in [7, 11) is 0. The van der Waals surface area contributed by atoms with E-state index in [0.29, 0.717) is 12.3 Å². The molecule has 2 unspecified atom stereocenters. The average molecular weight is 257 g/mol. The summed E-state index contributed by atoms with van der Waals surface area (Å²) < 4.78 is 13.5. The number of benzene rings is 1. The van der Waals surface area contributed by atoms with Crippen LogP contribution >= 0.6 is 11.6 Å². The van der Waals surface area contributed by atoms with Crippen molar-refractivity contribution in [3.8, 4) is 0 Å². The molecular formula is C15H22ClF. The van der Waals surface area contributed by atoms with E-state index in [4.69, 9.17) is 11.6 Å². The van der Waals surface area contributed by atoms with Gasteiger partial charge in [-0.05, 0) is 30.4 Å². The zero-order valence-corrected chi connectivity index (χ0v) is 11.5. The van der Waals surface area contributed by atoms with Gasteiger partial charge in [-0.15, -0.1) is 11.6 Å². The Morgan fingerprint density at radius 2 is 1.94 bits per heavy atom. The largest absolute Gasteiger partial charge is 0.207 e. The molecule has 0 N–H and O–H groups in total. The third kappa shape index (κ3) is 4.67. The van der Waals surface area contributed by atoms with Crippen molar-refractivity contribution in [3.63, 3.8) is 0 Å². The van der Waals surface area contributed by atoms with E-state index in [1.165, 1.54) is 18.9 Å². The van der Waals surface area contributed by atoms with Crippen molar-refractivity contribution in [1.82, 2.24) is 0 Å². The van der Waals surface area contributed by atoms with Gasteiger partial charge in [0.1, 0.15) is 5.82 Å². The Balaban J connectivity index is 2.57. The average Bonchev–Trinajstić information content (AvgIpc) is 2.33. The molecule has 1 aromatic carbocycles. The highest BCUT2D eigenvalue weighted by Gasteiger charge is 2.18. The van der Waals surface area contributed by atoms with Gasteiger partial charge < -0.3 is 0 Å². The van der Waals surface area contributed by atoms with E-state index in [1.54, 1.807) is 6.07 Å². The molecule has 0 heterocycles. The number of hydrogen-bond donors (Lipinski definition) is 0. The maximum atomic E-state index is 13.5. The second kappa shape index (κ2) is 7.71. The summed E-state index contributed by atoms with van der Waals surface area (Å²) in [6.07, 6.45) is 5.26. The van der Waals surface area contributed by atoms with Crippen LogP contribution < -0.4 is 0 Å². The van der Waals surface area contributed by atoms with Gasteiger partial charge in [0.2, 0.25) is 0 Å². The Hall–Kier alpha value is -0.560. The lowest BCUT2D eigenvalue weighted by molar-refractivity contribution is 0.425. The quantitative estimate of drug-likeness (QED) is 0.589. The number of alkyl halides is 1. The molecule has 2 heteroatoms. The summed E-state index contributed by atoms with van der Waals surface area (Å²) >= 11 is 6.42. The molecule has 0 amide bonds. The van der Waals surface area contributed by atoms with Gasteiger partial charge in [0.05, 0.1) is 0 Å². The third-order valence-corrected chi connectivity index (χ3v) is 3.85. The Morgan fingerprint density at radius 1 is 1.24 bits per heavy atom. The number of hydrogen-bond acceptors (Lipinski definition) is 0. The number of unbranched alkanes of at least 4 members (excludes halogenated alkanes) is 1. The molecule has 1 rings (SSSR count). The normalized spacial score (nSPS) is 14.6. The van der Waals surface area contributed by atoms with E-state index >= 15 is 0 Å². The monoisotopic (exact) mass is 256 g/mol. The fourth-order valence-corrected chi connectivity index (χ4v) is 2.62. The first-order valence-corrected chi connectivity index (χ1v) is 7.00. The molecule has 0 aliphatic heterocycles. The summed E-state index contributed by atoms with van der Waals surface area (Å²) in [6.45, 7) is 4.35. The first kappa shape index (κ1) is 14.5. The Labute approximate surface area is 109 Å². The summed E-state index contributed by atoms with van der Waals surface area (Å²) in [5.74, 6) is 0.361. The van der Waals surface area contributed by atoms with Crippen LogP contribution in [0.3, 0.4) is 0 Å². The first-order chi connectivity index (χ1) is 8.19. The molecule has 1 aromatic rings. The Bertz CT molecular complexity index is 324. The minimum Gasteiger partial charge on any atom is -0.207 e.